The lowest BCUT2D eigenvalue weighted by Gasteiger charge is -2.44. The van der Waals surface area contributed by atoms with E-state index in [-0.39, 0.29) is 16.0 Å². The molecule has 2 atom stereocenters. The van der Waals surface area contributed by atoms with Gasteiger partial charge >= 0.3 is 0 Å². The number of rotatable bonds is 1. The molecule has 17 heavy (non-hydrogen) atoms. The topological polar surface area (TPSA) is 9.23 Å². The van der Waals surface area contributed by atoms with Gasteiger partial charge in [-0.1, -0.05) is 47.6 Å². The normalized spacial score (nSPS) is 26.4. The highest BCUT2D eigenvalue weighted by molar-refractivity contribution is 7.19. The van der Waals surface area contributed by atoms with E-state index < -0.39 is 0 Å². The third-order valence-corrected chi connectivity index (χ3v) is 5.08. The van der Waals surface area contributed by atoms with Crippen LogP contribution in [0.5, 0.6) is 0 Å². The van der Waals surface area contributed by atoms with Gasteiger partial charge < -0.3 is 4.74 Å². The van der Waals surface area contributed by atoms with Crippen LogP contribution in [-0.4, -0.2) is 12.3 Å². The zero-order valence-electron chi connectivity index (χ0n) is 12.3. The van der Waals surface area contributed by atoms with Crippen molar-refractivity contribution in [2.24, 2.45) is 10.8 Å². The van der Waals surface area contributed by atoms with Gasteiger partial charge in [0.15, 0.2) is 0 Å². The number of ether oxygens (including phenoxy) is 1. The minimum absolute atomic E-state index is 0.123. The van der Waals surface area contributed by atoms with Crippen LogP contribution in [0.2, 0.25) is 0 Å². The summed E-state index contributed by atoms with van der Waals surface area (Å²) < 4.78 is 5.52. The molecule has 0 saturated carbocycles. The molecule has 0 bridgehead atoms. The van der Waals surface area contributed by atoms with Crippen molar-refractivity contribution >= 4 is 9.24 Å². The van der Waals surface area contributed by atoms with E-state index in [1.165, 1.54) is 5.57 Å². The Balaban J connectivity index is 3.19. The predicted octanol–water partition coefficient (Wildman–Crippen LogP) is 4.55. The van der Waals surface area contributed by atoms with Gasteiger partial charge in [-0.25, -0.2) is 0 Å². The first-order chi connectivity index (χ1) is 7.51. The first-order valence-corrected chi connectivity index (χ1v) is 6.85. The van der Waals surface area contributed by atoms with Crippen LogP contribution in [0.4, 0.5) is 0 Å². The summed E-state index contributed by atoms with van der Waals surface area (Å²) in [5.74, 6) is 1.04. The van der Waals surface area contributed by atoms with Crippen molar-refractivity contribution in [3.63, 3.8) is 0 Å². The quantitative estimate of drug-likeness (QED) is 0.624. The molecule has 0 aromatic rings. The minimum Gasteiger partial charge on any atom is -0.497 e. The number of hydrogen-bond donors (Lipinski definition) is 0. The molecule has 0 aromatic carbocycles. The van der Waals surface area contributed by atoms with Crippen LogP contribution in [0.1, 0.15) is 48.0 Å². The summed E-state index contributed by atoms with van der Waals surface area (Å²) in [7, 11) is 4.81. The number of methoxy groups -OCH3 is 1. The third-order valence-electron chi connectivity index (χ3n) is 3.82. The molecule has 2 unspecified atom stereocenters. The Labute approximate surface area is 109 Å². The predicted molar refractivity (Wildman–Crippen MR) is 79.1 cm³/mol. The molecule has 1 rings (SSSR count). The molecule has 1 nitrogen and oxygen atoms in total. The maximum Gasteiger partial charge on any atom is 0.118 e. The van der Waals surface area contributed by atoms with Crippen LogP contribution in [0, 0.1) is 10.8 Å². The summed E-state index contributed by atoms with van der Waals surface area (Å²) in [6.07, 6.45) is 5.47. The summed E-state index contributed by atoms with van der Waals surface area (Å²) in [4.78, 5) is 0. The van der Waals surface area contributed by atoms with Gasteiger partial charge in [-0.2, -0.15) is 0 Å². The van der Waals surface area contributed by atoms with Crippen LogP contribution in [0.25, 0.3) is 0 Å². The van der Waals surface area contributed by atoms with E-state index in [4.69, 9.17) is 4.74 Å². The third kappa shape index (κ3) is 2.94. The van der Waals surface area contributed by atoms with Crippen LogP contribution >= 0.6 is 9.24 Å². The smallest absolute Gasteiger partial charge is 0.118 e. The molecule has 1 aliphatic carbocycles. The van der Waals surface area contributed by atoms with E-state index in [2.05, 4.69) is 62.9 Å². The molecular weight excluding hydrogens is 227 g/mol. The first kappa shape index (κ1) is 14.8. The highest BCUT2D eigenvalue weighted by Gasteiger charge is 2.41. The highest BCUT2D eigenvalue weighted by Crippen LogP contribution is 2.50. The van der Waals surface area contributed by atoms with Crippen LogP contribution in [0.3, 0.4) is 0 Å². The van der Waals surface area contributed by atoms with Gasteiger partial charge in [-0.05, 0) is 28.9 Å². The van der Waals surface area contributed by atoms with Gasteiger partial charge in [0.1, 0.15) is 5.76 Å². The molecule has 0 aliphatic heterocycles. The Hall–Kier alpha value is -0.290. The lowest BCUT2D eigenvalue weighted by atomic mass is 9.69. The van der Waals surface area contributed by atoms with E-state index in [0.717, 1.165) is 12.2 Å². The van der Waals surface area contributed by atoms with Crippen molar-refractivity contribution in [3.05, 3.63) is 23.5 Å². The fourth-order valence-corrected chi connectivity index (χ4v) is 2.41. The molecule has 0 fully saturated rings. The molecule has 2 heteroatoms. The van der Waals surface area contributed by atoms with Crippen LogP contribution < -0.4 is 0 Å². The molecular formula is C15H27OP. The summed E-state index contributed by atoms with van der Waals surface area (Å²) >= 11 is 0. The Morgan fingerprint density at radius 2 is 1.71 bits per heavy atom. The summed E-state index contributed by atoms with van der Waals surface area (Å²) in [5, 5.41) is 0.123. The SMILES string of the molecule is COC1=C(C(C)(C)C)CC(P)(C(C)(C)C)C=C1. The fraction of sp³-hybridized carbons (Fsp3) is 0.733. The average molecular weight is 254 g/mol. The lowest BCUT2D eigenvalue weighted by Crippen LogP contribution is -2.38. The van der Waals surface area contributed by atoms with E-state index in [0.29, 0.717) is 0 Å². The molecule has 0 spiro atoms. The first-order valence-electron chi connectivity index (χ1n) is 6.27. The monoisotopic (exact) mass is 254 g/mol. The van der Waals surface area contributed by atoms with E-state index in [1.54, 1.807) is 7.11 Å². The van der Waals surface area contributed by atoms with Gasteiger partial charge in [0, 0.05) is 5.16 Å². The second-order valence-corrected chi connectivity index (χ2v) is 8.13. The molecule has 0 aromatic heterocycles. The Morgan fingerprint density at radius 3 is 2.06 bits per heavy atom. The second-order valence-electron chi connectivity index (χ2n) is 7.10. The summed E-state index contributed by atoms with van der Waals surface area (Å²) in [6, 6.07) is 0. The average Bonchev–Trinajstić information content (AvgIpc) is 2.14. The van der Waals surface area contributed by atoms with Crippen molar-refractivity contribution in [1.82, 2.24) is 0 Å². The van der Waals surface area contributed by atoms with Gasteiger partial charge in [0.2, 0.25) is 0 Å². The van der Waals surface area contributed by atoms with Crippen molar-refractivity contribution in [1.29, 1.82) is 0 Å². The molecule has 0 N–H and O–H groups in total. The number of allylic oxidation sites excluding steroid dienone is 3. The highest BCUT2D eigenvalue weighted by atomic mass is 31.0. The zero-order valence-corrected chi connectivity index (χ0v) is 13.5. The minimum atomic E-state index is 0.123. The Bertz CT molecular complexity index is 352. The maximum atomic E-state index is 5.52. The van der Waals surface area contributed by atoms with Gasteiger partial charge in [0.25, 0.3) is 0 Å². The summed E-state index contributed by atoms with van der Waals surface area (Å²) in [5.41, 5.74) is 1.79. The summed E-state index contributed by atoms with van der Waals surface area (Å²) in [6.45, 7) is 13.7. The molecule has 0 saturated heterocycles. The van der Waals surface area contributed by atoms with Gasteiger partial charge in [-0.3, -0.25) is 0 Å². The lowest BCUT2D eigenvalue weighted by molar-refractivity contribution is 0.258. The maximum absolute atomic E-state index is 5.52. The molecule has 0 amide bonds. The molecule has 1 aliphatic rings. The molecule has 98 valence electrons. The van der Waals surface area contributed by atoms with E-state index >= 15 is 0 Å². The van der Waals surface area contributed by atoms with Gasteiger partial charge in [-0.15, -0.1) is 9.24 Å². The van der Waals surface area contributed by atoms with Gasteiger partial charge in [0.05, 0.1) is 7.11 Å². The standard InChI is InChI=1S/C15H27OP/c1-13(2,3)11-10-15(17,14(4,5)6)9-8-12(11)16-7/h8-9H,10,17H2,1-7H3. The van der Waals surface area contributed by atoms with Crippen LogP contribution in [0.15, 0.2) is 23.5 Å². The largest absolute Gasteiger partial charge is 0.497 e. The van der Waals surface area contributed by atoms with Crippen molar-refractivity contribution < 1.29 is 4.74 Å². The van der Waals surface area contributed by atoms with Crippen molar-refractivity contribution in [2.75, 3.05) is 7.11 Å². The van der Waals surface area contributed by atoms with Crippen molar-refractivity contribution in [3.8, 4) is 0 Å². The molecule has 0 radical (unpaired) electrons. The number of hydrogen-bond acceptors (Lipinski definition) is 1. The molecule has 0 heterocycles. The van der Waals surface area contributed by atoms with Crippen LogP contribution in [-0.2, 0) is 4.74 Å². The Morgan fingerprint density at radius 1 is 1.18 bits per heavy atom. The van der Waals surface area contributed by atoms with E-state index in [9.17, 15) is 0 Å². The Kier molecular flexibility index (Phi) is 3.85. The van der Waals surface area contributed by atoms with E-state index in [1.807, 2.05) is 0 Å². The van der Waals surface area contributed by atoms with Crippen molar-refractivity contribution in [2.45, 2.75) is 53.1 Å². The second kappa shape index (κ2) is 4.43. The zero-order chi connectivity index (χ0) is 13.5. The fourth-order valence-electron chi connectivity index (χ4n) is 2.10.